The van der Waals surface area contributed by atoms with Crippen LogP contribution < -0.4 is 5.43 Å². The average Bonchev–Trinajstić information content (AvgIpc) is 1.91. The summed E-state index contributed by atoms with van der Waals surface area (Å²) in [4.78, 5) is 3.76. The third-order valence-corrected chi connectivity index (χ3v) is 0.834. The lowest BCUT2D eigenvalue weighted by Gasteiger charge is -2.08. The zero-order valence-corrected chi connectivity index (χ0v) is 4.00. The number of aliphatic imine (C=N–C) groups is 1. The molecule has 1 heterocycles. The van der Waals surface area contributed by atoms with Gasteiger partial charge in [-0.2, -0.15) is 0 Å². The fourth-order valence-corrected chi connectivity index (χ4v) is 0.371. The molecule has 0 aromatic carbocycles. The van der Waals surface area contributed by atoms with Crippen LogP contribution in [-0.4, -0.2) is 22.9 Å². The summed E-state index contributed by atoms with van der Waals surface area (Å²) in [6.45, 7) is 1.77. The Labute approximate surface area is 41.4 Å². The van der Waals surface area contributed by atoms with Gasteiger partial charge in [0.2, 0.25) is 0 Å². The minimum atomic E-state index is -0.139. The number of nitrogens with zero attached hydrogens (tertiary/aromatic N) is 2. The van der Waals surface area contributed by atoms with Crippen molar-refractivity contribution in [3.05, 3.63) is 0 Å². The van der Waals surface area contributed by atoms with Gasteiger partial charge < -0.3 is 0 Å². The lowest BCUT2D eigenvalue weighted by molar-refractivity contribution is -0.134. The first kappa shape index (κ1) is 4.55. The van der Waals surface area contributed by atoms with Gasteiger partial charge in [0.1, 0.15) is 12.5 Å². The van der Waals surface area contributed by atoms with Crippen LogP contribution in [0.4, 0.5) is 0 Å². The van der Waals surface area contributed by atoms with Gasteiger partial charge in [-0.25, -0.2) is 0 Å². The van der Waals surface area contributed by atoms with Crippen molar-refractivity contribution in [3.63, 3.8) is 0 Å². The summed E-state index contributed by atoms with van der Waals surface area (Å²) in [6.07, 6.45) is 1.31. The van der Waals surface area contributed by atoms with Crippen molar-refractivity contribution in [3.8, 4) is 0 Å². The van der Waals surface area contributed by atoms with E-state index in [0.29, 0.717) is 0 Å². The Morgan fingerprint density at radius 3 is 2.86 bits per heavy atom. The first-order valence-corrected chi connectivity index (χ1v) is 2.06. The van der Waals surface area contributed by atoms with E-state index in [9.17, 15) is 0 Å². The van der Waals surface area contributed by atoms with Crippen molar-refractivity contribution in [1.82, 2.24) is 10.6 Å². The van der Waals surface area contributed by atoms with Crippen molar-refractivity contribution in [2.75, 3.05) is 0 Å². The first-order valence-electron chi connectivity index (χ1n) is 2.06. The minimum Gasteiger partial charge on any atom is -0.293 e. The molecule has 0 saturated carbocycles. The van der Waals surface area contributed by atoms with Crippen molar-refractivity contribution in [1.29, 1.82) is 0 Å². The average molecular weight is 101 g/mol. The second kappa shape index (κ2) is 1.48. The fourth-order valence-electron chi connectivity index (χ4n) is 0.371. The molecule has 40 valence electrons. The molecule has 0 saturated heterocycles. The monoisotopic (exact) mass is 101 g/mol. The van der Waals surface area contributed by atoms with Crippen LogP contribution in [0.3, 0.4) is 0 Å². The van der Waals surface area contributed by atoms with E-state index < -0.39 is 0 Å². The van der Waals surface area contributed by atoms with E-state index in [1.807, 2.05) is 0 Å². The molecule has 2 N–H and O–H groups in total. The van der Waals surface area contributed by atoms with Crippen molar-refractivity contribution >= 4 is 6.34 Å². The van der Waals surface area contributed by atoms with Crippen LogP contribution in [0.2, 0.25) is 0 Å². The van der Waals surface area contributed by atoms with Gasteiger partial charge >= 0.3 is 0 Å². The van der Waals surface area contributed by atoms with Crippen molar-refractivity contribution in [2.45, 2.75) is 13.1 Å². The third kappa shape index (κ3) is 0.703. The molecule has 4 nitrogen and oxygen atoms in total. The maximum atomic E-state index is 8.59. The Bertz CT molecular complexity index is 92.2. The summed E-state index contributed by atoms with van der Waals surface area (Å²) in [5.41, 5.74) is 2.47. The number of hydrogen-bond donors (Lipinski definition) is 2. The third-order valence-electron chi connectivity index (χ3n) is 0.834. The van der Waals surface area contributed by atoms with E-state index in [2.05, 4.69) is 10.4 Å². The smallest absolute Gasteiger partial charge is 0.145 e. The summed E-state index contributed by atoms with van der Waals surface area (Å²) in [5.74, 6) is 0. The molecule has 7 heavy (non-hydrogen) atoms. The molecule has 0 fully saturated rings. The van der Waals surface area contributed by atoms with Crippen LogP contribution in [0.1, 0.15) is 6.92 Å². The van der Waals surface area contributed by atoms with E-state index >= 15 is 0 Å². The Kier molecular flexibility index (Phi) is 0.958. The molecule has 0 aliphatic carbocycles. The number of rotatable bonds is 0. The van der Waals surface area contributed by atoms with E-state index in [1.54, 1.807) is 6.92 Å². The Balaban J connectivity index is 2.45. The zero-order valence-electron chi connectivity index (χ0n) is 4.00. The molecule has 0 spiro atoms. The molecule has 1 unspecified atom stereocenters. The maximum absolute atomic E-state index is 8.59. The molecule has 0 aromatic rings. The Morgan fingerprint density at radius 2 is 2.71 bits per heavy atom. The Hall–Kier alpha value is -0.610. The largest absolute Gasteiger partial charge is 0.293 e. The summed E-state index contributed by atoms with van der Waals surface area (Å²) >= 11 is 0. The molecule has 1 atom stereocenters. The van der Waals surface area contributed by atoms with Gasteiger partial charge in [-0.05, 0) is 6.92 Å². The Morgan fingerprint density at radius 1 is 2.00 bits per heavy atom. The number of hydrazine groups is 1. The second-order valence-corrected chi connectivity index (χ2v) is 1.38. The zero-order chi connectivity index (χ0) is 5.28. The van der Waals surface area contributed by atoms with E-state index in [4.69, 9.17) is 5.21 Å². The topological polar surface area (TPSA) is 47.9 Å². The number of hydroxylamine groups is 1. The number of hydrogen-bond acceptors (Lipinski definition) is 4. The van der Waals surface area contributed by atoms with Crippen molar-refractivity contribution in [2.24, 2.45) is 4.99 Å². The first-order chi connectivity index (χ1) is 3.30. The normalized spacial score (nSPS) is 30.9. The van der Waals surface area contributed by atoms with Crippen LogP contribution in [0.25, 0.3) is 0 Å². The molecule has 4 heteroatoms. The summed E-state index contributed by atoms with van der Waals surface area (Å²) < 4.78 is 0. The SMILES string of the molecule is CC1N=CNN1O. The molecular formula is C3H7N3O. The highest BCUT2D eigenvalue weighted by atomic mass is 16.5. The van der Waals surface area contributed by atoms with Gasteiger partial charge in [-0.3, -0.25) is 15.6 Å². The van der Waals surface area contributed by atoms with E-state index in [0.717, 1.165) is 5.17 Å². The standard InChI is InChI=1S/C3H7N3O/c1-3-4-2-5-6(3)7/h2-3,7H,1H3,(H,4,5). The van der Waals surface area contributed by atoms with Crippen LogP contribution in [-0.2, 0) is 0 Å². The predicted octanol–water partition coefficient (Wildman–Crippen LogP) is -0.430. The van der Waals surface area contributed by atoms with Crippen LogP contribution in [0, 0.1) is 0 Å². The fraction of sp³-hybridized carbons (Fsp3) is 0.667. The van der Waals surface area contributed by atoms with Crippen LogP contribution in [0.15, 0.2) is 4.99 Å². The highest BCUT2D eigenvalue weighted by molar-refractivity contribution is 5.55. The lowest BCUT2D eigenvalue weighted by Crippen LogP contribution is -2.33. The van der Waals surface area contributed by atoms with Gasteiger partial charge in [0.05, 0.1) is 0 Å². The molecule has 1 rings (SSSR count). The van der Waals surface area contributed by atoms with Crippen molar-refractivity contribution < 1.29 is 5.21 Å². The van der Waals surface area contributed by atoms with E-state index in [1.165, 1.54) is 6.34 Å². The maximum Gasteiger partial charge on any atom is 0.145 e. The van der Waals surface area contributed by atoms with Crippen LogP contribution >= 0.6 is 0 Å². The summed E-state index contributed by atoms with van der Waals surface area (Å²) in [7, 11) is 0. The quantitative estimate of drug-likeness (QED) is 0.435. The molecule has 0 radical (unpaired) electrons. The predicted molar refractivity (Wildman–Crippen MR) is 24.7 cm³/mol. The van der Waals surface area contributed by atoms with Crippen LogP contribution in [0.5, 0.6) is 0 Å². The van der Waals surface area contributed by atoms with Gasteiger partial charge in [0.25, 0.3) is 0 Å². The van der Waals surface area contributed by atoms with Gasteiger partial charge in [0.15, 0.2) is 0 Å². The highest BCUT2D eigenvalue weighted by Gasteiger charge is 2.10. The minimum absolute atomic E-state index is 0.139. The summed E-state index contributed by atoms with van der Waals surface area (Å²) in [5, 5.41) is 9.53. The molecule has 0 aromatic heterocycles. The highest BCUT2D eigenvalue weighted by Crippen LogP contribution is 1.94. The lowest BCUT2D eigenvalue weighted by atomic mass is 10.6. The number of nitrogens with one attached hydrogen (secondary N) is 1. The molecule has 0 amide bonds. The second-order valence-electron chi connectivity index (χ2n) is 1.38. The van der Waals surface area contributed by atoms with E-state index in [-0.39, 0.29) is 6.17 Å². The van der Waals surface area contributed by atoms with Gasteiger partial charge in [-0.1, -0.05) is 5.17 Å². The molecule has 1 aliphatic rings. The van der Waals surface area contributed by atoms with Gasteiger partial charge in [0, 0.05) is 0 Å². The summed E-state index contributed by atoms with van der Waals surface area (Å²) in [6, 6.07) is 0. The molecule has 0 bridgehead atoms. The molecule has 1 aliphatic heterocycles. The van der Waals surface area contributed by atoms with Gasteiger partial charge in [-0.15, -0.1) is 0 Å². The molecular weight excluding hydrogens is 94.1 g/mol.